The van der Waals surface area contributed by atoms with E-state index in [4.69, 9.17) is 4.74 Å². The van der Waals surface area contributed by atoms with Gasteiger partial charge >= 0.3 is 0 Å². The molecule has 3 aromatic rings. The van der Waals surface area contributed by atoms with Crippen LogP contribution in [-0.4, -0.2) is 47.3 Å². The summed E-state index contributed by atoms with van der Waals surface area (Å²) in [5.41, 5.74) is 2.98. The smallest absolute Gasteiger partial charge is 0.242 e. The Morgan fingerprint density at radius 2 is 1.87 bits per heavy atom. The Labute approximate surface area is 176 Å². The topological polar surface area (TPSA) is 71.8 Å². The number of aliphatic hydroxyl groups excluding tert-OH is 1. The highest BCUT2D eigenvalue weighted by Gasteiger charge is 2.16. The molecule has 1 heterocycles. The number of fused-ring (bicyclic) bond motifs is 1. The lowest BCUT2D eigenvalue weighted by Crippen LogP contribution is -2.36. The summed E-state index contributed by atoms with van der Waals surface area (Å²) in [6.45, 7) is 4.87. The summed E-state index contributed by atoms with van der Waals surface area (Å²) in [4.78, 5) is 27.8. The highest BCUT2D eigenvalue weighted by atomic mass is 16.5. The van der Waals surface area contributed by atoms with Crippen LogP contribution in [0.4, 0.5) is 0 Å². The minimum Gasteiger partial charge on any atom is -0.497 e. The van der Waals surface area contributed by atoms with Crippen LogP contribution in [0.5, 0.6) is 5.75 Å². The van der Waals surface area contributed by atoms with Gasteiger partial charge in [0.1, 0.15) is 12.3 Å². The van der Waals surface area contributed by atoms with Crippen LogP contribution < -0.4 is 10.2 Å². The van der Waals surface area contributed by atoms with Gasteiger partial charge in [-0.3, -0.25) is 9.59 Å². The molecule has 0 fully saturated rings. The predicted molar refractivity (Wildman–Crippen MR) is 119 cm³/mol. The molecule has 0 aliphatic carbocycles. The molecule has 1 N–H and O–H groups in total. The number of aliphatic hydroxyl groups is 1. The molecule has 0 unspecified atom stereocenters. The average Bonchev–Trinajstić information content (AvgIpc) is 2.75. The van der Waals surface area contributed by atoms with E-state index in [9.17, 15) is 14.7 Å². The zero-order chi connectivity index (χ0) is 21.7. The molecule has 1 aromatic heterocycles. The highest BCUT2D eigenvalue weighted by Crippen LogP contribution is 2.23. The van der Waals surface area contributed by atoms with Gasteiger partial charge in [-0.1, -0.05) is 25.1 Å². The van der Waals surface area contributed by atoms with E-state index < -0.39 is 0 Å². The molecular weight excluding hydrogens is 380 g/mol. The lowest BCUT2D eigenvalue weighted by atomic mass is 10.0. The van der Waals surface area contributed by atoms with Crippen LogP contribution in [0, 0.1) is 6.92 Å². The van der Waals surface area contributed by atoms with Crippen molar-refractivity contribution in [1.82, 2.24) is 9.47 Å². The molecule has 3 rings (SSSR count). The number of aromatic nitrogens is 1. The van der Waals surface area contributed by atoms with Gasteiger partial charge in [-0.2, -0.15) is 0 Å². The maximum Gasteiger partial charge on any atom is 0.242 e. The van der Waals surface area contributed by atoms with Crippen LogP contribution in [0.2, 0.25) is 0 Å². The van der Waals surface area contributed by atoms with E-state index in [0.29, 0.717) is 29.8 Å². The standard InChI is InChI=1S/C24H28N2O4/c1-4-11-25(12-13-27)23(28)16-26-15-21(18-6-8-19(30-3)9-7-18)24(29)20-10-5-17(2)14-22(20)26/h5-10,14-15,27H,4,11-13,16H2,1-3H3. The van der Waals surface area contributed by atoms with Crippen molar-refractivity contribution in [3.05, 3.63) is 64.4 Å². The van der Waals surface area contributed by atoms with E-state index in [-0.39, 0.29) is 24.5 Å². The van der Waals surface area contributed by atoms with Crippen LogP contribution in [0.25, 0.3) is 22.0 Å². The lowest BCUT2D eigenvalue weighted by Gasteiger charge is -2.23. The van der Waals surface area contributed by atoms with Gasteiger partial charge in [-0.25, -0.2) is 0 Å². The molecule has 0 saturated carbocycles. The summed E-state index contributed by atoms with van der Waals surface area (Å²) >= 11 is 0. The monoisotopic (exact) mass is 408 g/mol. The highest BCUT2D eigenvalue weighted by molar-refractivity contribution is 5.86. The second kappa shape index (κ2) is 9.59. The molecule has 0 aliphatic rings. The summed E-state index contributed by atoms with van der Waals surface area (Å²) in [5, 5.41) is 9.88. The minimum atomic E-state index is -0.0852. The molecule has 1 amide bonds. The molecule has 6 nitrogen and oxygen atoms in total. The third-order valence-corrected chi connectivity index (χ3v) is 5.16. The summed E-state index contributed by atoms with van der Waals surface area (Å²) in [7, 11) is 1.60. The van der Waals surface area contributed by atoms with Crippen LogP contribution in [0.1, 0.15) is 18.9 Å². The largest absolute Gasteiger partial charge is 0.497 e. The van der Waals surface area contributed by atoms with Gasteiger partial charge in [0, 0.05) is 30.2 Å². The second-order valence-corrected chi connectivity index (χ2v) is 7.35. The van der Waals surface area contributed by atoms with Gasteiger partial charge in [0.15, 0.2) is 5.43 Å². The fraction of sp³-hybridized carbons (Fsp3) is 0.333. The number of amides is 1. The molecule has 6 heteroatoms. The molecule has 0 saturated heterocycles. The third-order valence-electron chi connectivity index (χ3n) is 5.16. The number of hydrogen-bond acceptors (Lipinski definition) is 4. The number of aryl methyl sites for hydroxylation is 1. The number of hydrogen-bond donors (Lipinski definition) is 1. The average molecular weight is 408 g/mol. The molecule has 2 aromatic carbocycles. The first-order valence-corrected chi connectivity index (χ1v) is 10.1. The van der Waals surface area contributed by atoms with Gasteiger partial charge in [0.2, 0.25) is 5.91 Å². The normalized spacial score (nSPS) is 10.9. The number of ether oxygens (including phenoxy) is 1. The molecule has 30 heavy (non-hydrogen) atoms. The van der Waals surface area contributed by atoms with Gasteiger partial charge in [0.05, 0.1) is 19.2 Å². The Balaban J connectivity index is 2.11. The number of nitrogens with zero attached hydrogens (tertiary/aromatic N) is 2. The van der Waals surface area contributed by atoms with Crippen LogP contribution in [0.3, 0.4) is 0 Å². The number of rotatable bonds is 8. The summed E-state index contributed by atoms with van der Waals surface area (Å²) in [5.74, 6) is 0.628. The van der Waals surface area contributed by atoms with Crippen LogP contribution in [0.15, 0.2) is 53.5 Å². The maximum atomic E-state index is 13.2. The summed E-state index contributed by atoms with van der Waals surface area (Å²) in [6, 6.07) is 13.0. The first-order valence-electron chi connectivity index (χ1n) is 10.1. The fourth-order valence-corrected chi connectivity index (χ4v) is 3.60. The molecule has 0 atom stereocenters. The van der Waals surface area contributed by atoms with E-state index in [1.54, 1.807) is 18.2 Å². The van der Waals surface area contributed by atoms with Crippen molar-refractivity contribution in [2.24, 2.45) is 0 Å². The van der Waals surface area contributed by atoms with Crippen LogP contribution >= 0.6 is 0 Å². The van der Waals surface area contributed by atoms with Gasteiger partial charge in [0.25, 0.3) is 0 Å². The van der Waals surface area contributed by atoms with Crippen LogP contribution in [-0.2, 0) is 11.3 Å². The minimum absolute atomic E-state index is 0.0698. The Bertz CT molecular complexity index is 1080. The first kappa shape index (κ1) is 21.6. The Hall–Kier alpha value is -3.12. The van der Waals surface area contributed by atoms with Crippen molar-refractivity contribution in [1.29, 1.82) is 0 Å². The zero-order valence-electron chi connectivity index (χ0n) is 17.7. The zero-order valence-corrected chi connectivity index (χ0v) is 17.7. The van der Waals surface area contributed by atoms with Crippen molar-refractivity contribution in [3.63, 3.8) is 0 Å². The van der Waals surface area contributed by atoms with Crippen molar-refractivity contribution in [2.45, 2.75) is 26.8 Å². The van der Waals surface area contributed by atoms with E-state index in [0.717, 1.165) is 23.1 Å². The Morgan fingerprint density at radius 3 is 2.50 bits per heavy atom. The second-order valence-electron chi connectivity index (χ2n) is 7.35. The number of benzene rings is 2. The van der Waals surface area contributed by atoms with Gasteiger partial charge in [-0.05, 0) is 48.7 Å². The Morgan fingerprint density at radius 1 is 1.13 bits per heavy atom. The molecule has 0 aliphatic heterocycles. The quantitative estimate of drug-likeness (QED) is 0.621. The number of carbonyl (C=O) groups is 1. The SMILES string of the molecule is CCCN(CCO)C(=O)Cn1cc(-c2ccc(OC)cc2)c(=O)c2ccc(C)cc21. The molecule has 158 valence electrons. The number of methoxy groups -OCH3 is 1. The Kier molecular flexibility index (Phi) is 6.90. The lowest BCUT2D eigenvalue weighted by molar-refractivity contribution is -0.132. The van der Waals surface area contributed by atoms with Gasteiger partial charge < -0.3 is 19.3 Å². The third kappa shape index (κ3) is 4.54. The van der Waals surface area contributed by atoms with Crippen molar-refractivity contribution in [2.75, 3.05) is 26.8 Å². The van der Waals surface area contributed by atoms with E-state index in [1.165, 1.54) is 0 Å². The van der Waals surface area contributed by atoms with Crippen molar-refractivity contribution in [3.8, 4) is 16.9 Å². The number of carbonyl (C=O) groups excluding carboxylic acids is 1. The molecule has 0 bridgehead atoms. The molecule has 0 radical (unpaired) electrons. The van der Waals surface area contributed by atoms with E-state index in [1.807, 2.05) is 60.9 Å². The van der Waals surface area contributed by atoms with E-state index in [2.05, 4.69) is 0 Å². The maximum absolute atomic E-state index is 13.2. The molecular formula is C24H28N2O4. The molecule has 0 spiro atoms. The first-order chi connectivity index (χ1) is 14.5. The summed E-state index contributed by atoms with van der Waals surface area (Å²) < 4.78 is 7.05. The van der Waals surface area contributed by atoms with Crippen molar-refractivity contribution < 1.29 is 14.6 Å². The number of pyridine rings is 1. The van der Waals surface area contributed by atoms with E-state index >= 15 is 0 Å². The summed E-state index contributed by atoms with van der Waals surface area (Å²) in [6.07, 6.45) is 2.57. The fourth-order valence-electron chi connectivity index (χ4n) is 3.60. The van der Waals surface area contributed by atoms with Gasteiger partial charge in [-0.15, -0.1) is 0 Å². The predicted octanol–water partition coefficient (Wildman–Crippen LogP) is 3.22. The van der Waals surface area contributed by atoms with Crippen molar-refractivity contribution >= 4 is 16.8 Å².